The maximum absolute atomic E-state index is 4.90. The molecule has 0 amide bonds. The molecule has 2 aromatic heterocycles. The number of thioether (sulfide) groups is 2. The van der Waals surface area contributed by atoms with Gasteiger partial charge in [0.2, 0.25) is 0 Å². The average Bonchev–Trinajstić information content (AvgIpc) is 3.18. The number of imidazole rings is 1. The van der Waals surface area contributed by atoms with Crippen LogP contribution in [0.3, 0.4) is 0 Å². The van der Waals surface area contributed by atoms with Crippen LogP contribution in [0.4, 0.5) is 0 Å². The van der Waals surface area contributed by atoms with E-state index in [1.54, 1.807) is 0 Å². The highest BCUT2D eigenvalue weighted by molar-refractivity contribution is 7.99. The van der Waals surface area contributed by atoms with Gasteiger partial charge >= 0.3 is 0 Å². The minimum Gasteiger partial charge on any atom is -0.309 e. The number of hydrogen-bond donors (Lipinski definition) is 0. The van der Waals surface area contributed by atoms with E-state index in [1.807, 2.05) is 12.3 Å². The third kappa shape index (κ3) is 2.35. The number of hydrogen-bond acceptors (Lipinski definition) is 4. The van der Waals surface area contributed by atoms with Gasteiger partial charge in [-0.3, -0.25) is 0 Å². The Morgan fingerprint density at radius 3 is 2.90 bits per heavy atom. The molecule has 2 unspecified atom stereocenters. The van der Waals surface area contributed by atoms with Crippen LogP contribution in [0.1, 0.15) is 24.7 Å². The highest BCUT2D eigenvalue weighted by atomic mass is 32.2. The van der Waals surface area contributed by atoms with E-state index in [2.05, 4.69) is 39.1 Å². The van der Waals surface area contributed by atoms with E-state index >= 15 is 0 Å². The number of fused-ring (bicyclic) bond motifs is 1. The molecule has 2 atom stereocenters. The highest BCUT2D eigenvalue weighted by Crippen LogP contribution is 2.33. The standard InChI is InChI=1S/C15H19N3S2/c1-2-13-15(16-5-1)18(12-4-7-20-10-12)14(17-13)8-11-3-6-19-9-11/h1-2,5,11-12H,3-4,6-10H2. The maximum atomic E-state index is 4.90. The van der Waals surface area contributed by atoms with Crippen LogP contribution < -0.4 is 0 Å². The quantitative estimate of drug-likeness (QED) is 0.869. The first kappa shape index (κ1) is 13.0. The summed E-state index contributed by atoms with van der Waals surface area (Å²) in [5.41, 5.74) is 2.17. The fourth-order valence-electron chi connectivity index (χ4n) is 3.23. The van der Waals surface area contributed by atoms with Gasteiger partial charge in [0.1, 0.15) is 11.3 Å². The van der Waals surface area contributed by atoms with Gasteiger partial charge in [0.25, 0.3) is 0 Å². The molecule has 0 aliphatic carbocycles. The maximum Gasteiger partial charge on any atom is 0.160 e. The van der Waals surface area contributed by atoms with E-state index in [-0.39, 0.29) is 0 Å². The minimum atomic E-state index is 0.601. The molecule has 0 saturated carbocycles. The average molecular weight is 305 g/mol. The number of aromatic nitrogens is 3. The van der Waals surface area contributed by atoms with Crippen molar-refractivity contribution in [1.29, 1.82) is 0 Å². The summed E-state index contributed by atoms with van der Waals surface area (Å²) in [6, 6.07) is 4.70. The van der Waals surface area contributed by atoms with Crippen LogP contribution in [0.15, 0.2) is 18.3 Å². The molecule has 2 fully saturated rings. The van der Waals surface area contributed by atoms with Gasteiger partial charge in [0.15, 0.2) is 5.65 Å². The first-order chi connectivity index (χ1) is 9.92. The van der Waals surface area contributed by atoms with Crippen molar-refractivity contribution in [2.75, 3.05) is 23.0 Å². The van der Waals surface area contributed by atoms with E-state index in [9.17, 15) is 0 Å². The summed E-state index contributed by atoms with van der Waals surface area (Å²) < 4.78 is 2.46. The summed E-state index contributed by atoms with van der Waals surface area (Å²) in [7, 11) is 0. The van der Waals surface area contributed by atoms with Gasteiger partial charge in [-0.05, 0) is 48.2 Å². The lowest BCUT2D eigenvalue weighted by atomic mass is 10.0. The van der Waals surface area contributed by atoms with Crippen molar-refractivity contribution in [3.05, 3.63) is 24.2 Å². The highest BCUT2D eigenvalue weighted by Gasteiger charge is 2.26. The van der Waals surface area contributed by atoms with Gasteiger partial charge < -0.3 is 4.57 Å². The lowest BCUT2D eigenvalue weighted by molar-refractivity contribution is 0.503. The van der Waals surface area contributed by atoms with Gasteiger partial charge in [0.05, 0.1) is 0 Å². The molecular weight excluding hydrogens is 286 g/mol. The summed E-state index contributed by atoms with van der Waals surface area (Å²) in [4.78, 5) is 9.51. The Morgan fingerprint density at radius 1 is 1.20 bits per heavy atom. The molecule has 0 aromatic carbocycles. The predicted octanol–water partition coefficient (Wildman–Crippen LogP) is 3.40. The number of nitrogens with zero attached hydrogens (tertiary/aromatic N) is 3. The fraction of sp³-hybridized carbons (Fsp3) is 0.600. The molecule has 0 N–H and O–H groups in total. The Labute approximate surface area is 127 Å². The normalized spacial score (nSPS) is 26.6. The molecule has 0 radical (unpaired) electrons. The van der Waals surface area contributed by atoms with Crippen LogP contribution in [0.2, 0.25) is 0 Å². The molecule has 0 bridgehead atoms. The van der Waals surface area contributed by atoms with Crippen molar-refractivity contribution in [3.8, 4) is 0 Å². The second kappa shape index (κ2) is 5.60. The summed E-state index contributed by atoms with van der Waals surface area (Å²) in [5.74, 6) is 7.20. The van der Waals surface area contributed by atoms with Crippen LogP contribution in [-0.2, 0) is 6.42 Å². The first-order valence-corrected chi connectivity index (χ1v) is 9.70. The van der Waals surface area contributed by atoms with Crippen molar-refractivity contribution in [3.63, 3.8) is 0 Å². The predicted molar refractivity (Wildman–Crippen MR) is 87.6 cm³/mol. The monoisotopic (exact) mass is 305 g/mol. The van der Waals surface area contributed by atoms with Crippen molar-refractivity contribution < 1.29 is 0 Å². The number of rotatable bonds is 3. The van der Waals surface area contributed by atoms with Crippen molar-refractivity contribution in [2.45, 2.75) is 25.3 Å². The Balaban J connectivity index is 1.74. The molecule has 5 heteroatoms. The van der Waals surface area contributed by atoms with Crippen LogP contribution in [0.25, 0.3) is 11.2 Å². The Hall–Kier alpha value is -0.680. The SMILES string of the molecule is c1cnc2c(c1)nc(CC1CCSC1)n2C1CCSC1. The smallest absolute Gasteiger partial charge is 0.160 e. The lowest BCUT2D eigenvalue weighted by Gasteiger charge is -2.16. The summed E-state index contributed by atoms with van der Waals surface area (Å²) in [6.07, 6.45) is 5.64. The van der Waals surface area contributed by atoms with E-state index in [4.69, 9.17) is 4.98 Å². The fourth-order valence-corrected chi connectivity index (χ4v) is 5.71. The lowest BCUT2D eigenvalue weighted by Crippen LogP contribution is -2.15. The zero-order valence-electron chi connectivity index (χ0n) is 11.5. The number of pyridine rings is 1. The zero-order valence-corrected chi connectivity index (χ0v) is 13.1. The van der Waals surface area contributed by atoms with Crippen LogP contribution in [0, 0.1) is 5.92 Å². The van der Waals surface area contributed by atoms with Gasteiger partial charge in [0, 0.05) is 24.4 Å². The van der Waals surface area contributed by atoms with Crippen molar-refractivity contribution in [2.24, 2.45) is 5.92 Å². The van der Waals surface area contributed by atoms with Crippen molar-refractivity contribution in [1.82, 2.24) is 14.5 Å². The van der Waals surface area contributed by atoms with Gasteiger partial charge in [-0.25, -0.2) is 9.97 Å². The first-order valence-electron chi connectivity index (χ1n) is 7.39. The third-order valence-corrected chi connectivity index (χ3v) is 6.66. The Morgan fingerprint density at radius 2 is 2.10 bits per heavy atom. The Kier molecular flexibility index (Phi) is 3.65. The molecule has 4 rings (SSSR count). The summed E-state index contributed by atoms with van der Waals surface area (Å²) in [5, 5.41) is 0. The second-order valence-electron chi connectivity index (χ2n) is 5.70. The van der Waals surface area contributed by atoms with Gasteiger partial charge in [-0.15, -0.1) is 0 Å². The molecule has 2 saturated heterocycles. The van der Waals surface area contributed by atoms with Crippen LogP contribution >= 0.6 is 23.5 Å². The van der Waals surface area contributed by atoms with E-state index in [1.165, 1.54) is 41.7 Å². The summed E-state index contributed by atoms with van der Waals surface area (Å²) >= 11 is 4.15. The van der Waals surface area contributed by atoms with Crippen molar-refractivity contribution >= 4 is 34.7 Å². The molecule has 2 aliphatic heterocycles. The Bertz CT molecular complexity index is 598. The van der Waals surface area contributed by atoms with E-state index in [0.717, 1.165) is 23.5 Å². The van der Waals surface area contributed by atoms with Gasteiger partial charge in [-0.1, -0.05) is 0 Å². The molecule has 106 valence electrons. The minimum absolute atomic E-state index is 0.601. The van der Waals surface area contributed by atoms with Crippen LogP contribution in [0.5, 0.6) is 0 Å². The van der Waals surface area contributed by atoms with Gasteiger partial charge in [-0.2, -0.15) is 23.5 Å². The molecule has 20 heavy (non-hydrogen) atoms. The third-order valence-electron chi connectivity index (χ3n) is 4.29. The summed E-state index contributed by atoms with van der Waals surface area (Å²) in [6.45, 7) is 0. The largest absolute Gasteiger partial charge is 0.309 e. The molecule has 2 aliphatic rings. The van der Waals surface area contributed by atoms with Crippen LogP contribution in [-0.4, -0.2) is 37.5 Å². The molecule has 4 heterocycles. The topological polar surface area (TPSA) is 30.7 Å². The second-order valence-corrected chi connectivity index (χ2v) is 7.99. The molecule has 2 aromatic rings. The molecule has 0 spiro atoms. The zero-order chi connectivity index (χ0) is 13.4. The molecular formula is C15H19N3S2. The van der Waals surface area contributed by atoms with E-state index < -0.39 is 0 Å². The molecule has 3 nitrogen and oxygen atoms in total. The van der Waals surface area contributed by atoms with E-state index in [0.29, 0.717) is 6.04 Å².